The van der Waals surface area contributed by atoms with Crippen LogP contribution in [-0.2, 0) is 11.3 Å². The number of H-pyrrole nitrogens is 1. The maximum Gasteiger partial charge on any atom is 0.326 e. The number of rotatable bonds is 8. The van der Waals surface area contributed by atoms with E-state index in [2.05, 4.69) is 15.3 Å². The summed E-state index contributed by atoms with van der Waals surface area (Å²) < 4.78 is 0. The van der Waals surface area contributed by atoms with Crippen LogP contribution in [0.4, 0.5) is 0 Å². The number of hydrogen-bond donors (Lipinski definition) is 3. The Morgan fingerprint density at radius 3 is 2.65 bits per heavy atom. The van der Waals surface area contributed by atoms with Crippen LogP contribution in [0.3, 0.4) is 0 Å². The molecule has 26 heavy (non-hydrogen) atoms. The fraction of sp³-hybridized carbons (Fsp3) is 0.529. The highest BCUT2D eigenvalue weighted by atomic mass is 32.1. The van der Waals surface area contributed by atoms with Crippen molar-refractivity contribution in [3.05, 3.63) is 26.6 Å². The average molecular weight is 380 g/mol. The summed E-state index contributed by atoms with van der Waals surface area (Å²) in [5.41, 5.74) is 0.229. The van der Waals surface area contributed by atoms with Gasteiger partial charge in [-0.15, -0.1) is 11.3 Å². The number of nitrogens with one attached hydrogen (secondary N) is 2. The number of fused-ring (bicyclic) bond motifs is 1. The molecule has 0 aromatic carbocycles. The van der Waals surface area contributed by atoms with Crippen molar-refractivity contribution >= 4 is 33.4 Å². The molecule has 9 heteroatoms. The van der Waals surface area contributed by atoms with Gasteiger partial charge in [-0.1, -0.05) is 19.8 Å². The normalized spacial score (nSPS) is 12.5. The molecule has 0 aliphatic heterocycles. The molecule has 0 radical (unpaired) electrons. The van der Waals surface area contributed by atoms with Crippen LogP contribution in [0, 0.1) is 6.92 Å². The SMILES string of the molecule is CCCCC(NC(=O)c1sc2nc(CN(C)C)[nH]c(=O)c2c1C)C(=O)O. The third-order valence-electron chi connectivity index (χ3n) is 3.97. The molecule has 1 atom stereocenters. The van der Waals surface area contributed by atoms with Crippen molar-refractivity contribution in [1.82, 2.24) is 20.2 Å². The number of amides is 1. The molecule has 0 aliphatic carbocycles. The van der Waals surface area contributed by atoms with Crippen molar-refractivity contribution in [2.24, 2.45) is 0 Å². The smallest absolute Gasteiger partial charge is 0.326 e. The molecule has 0 spiro atoms. The van der Waals surface area contributed by atoms with E-state index >= 15 is 0 Å². The van der Waals surface area contributed by atoms with Crippen molar-refractivity contribution < 1.29 is 14.7 Å². The number of unbranched alkanes of at least 4 members (excludes halogenated alkanes) is 1. The van der Waals surface area contributed by atoms with Gasteiger partial charge in [0.1, 0.15) is 16.7 Å². The highest BCUT2D eigenvalue weighted by Gasteiger charge is 2.24. The van der Waals surface area contributed by atoms with Gasteiger partial charge in [0.15, 0.2) is 0 Å². The number of carbonyl (C=O) groups is 2. The Kier molecular flexibility index (Phi) is 6.49. The number of thiophene rings is 1. The van der Waals surface area contributed by atoms with Crippen LogP contribution in [0.1, 0.15) is 47.2 Å². The fourth-order valence-electron chi connectivity index (χ4n) is 2.67. The Morgan fingerprint density at radius 2 is 2.08 bits per heavy atom. The van der Waals surface area contributed by atoms with E-state index < -0.39 is 17.9 Å². The average Bonchev–Trinajstić information content (AvgIpc) is 2.87. The summed E-state index contributed by atoms with van der Waals surface area (Å²) in [5.74, 6) is -1.02. The summed E-state index contributed by atoms with van der Waals surface area (Å²) in [6.45, 7) is 4.11. The predicted octanol–water partition coefficient (Wildman–Crippen LogP) is 1.73. The van der Waals surface area contributed by atoms with Gasteiger partial charge in [-0.05, 0) is 33.0 Å². The molecule has 0 fully saturated rings. The highest BCUT2D eigenvalue weighted by Crippen LogP contribution is 2.27. The number of aryl methyl sites for hydroxylation is 1. The van der Waals surface area contributed by atoms with Crippen LogP contribution in [0.2, 0.25) is 0 Å². The zero-order chi connectivity index (χ0) is 19.4. The molecule has 2 heterocycles. The Labute approximate surface area is 155 Å². The fourth-order valence-corrected chi connectivity index (χ4v) is 3.77. The van der Waals surface area contributed by atoms with Gasteiger partial charge in [0.2, 0.25) is 0 Å². The Balaban J connectivity index is 2.35. The zero-order valence-corrected chi connectivity index (χ0v) is 16.2. The molecule has 2 aromatic rings. The zero-order valence-electron chi connectivity index (χ0n) is 15.4. The molecular formula is C17H24N4O4S. The number of aromatic amines is 1. The summed E-state index contributed by atoms with van der Waals surface area (Å²) in [5, 5.41) is 12.2. The maximum atomic E-state index is 12.6. The number of carboxylic acid groups (broad SMARTS) is 1. The summed E-state index contributed by atoms with van der Waals surface area (Å²) in [6.07, 6.45) is 1.92. The largest absolute Gasteiger partial charge is 0.480 e. The topological polar surface area (TPSA) is 115 Å². The van der Waals surface area contributed by atoms with Gasteiger partial charge in [0.25, 0.3) is 11.5 Å². The van der Waals surface area contributed by atoms with E-state index in [1.54, 1.807) is 6.92 Å². The summed E-state index contributed by atoms with van der Waals surface area (Å²) >= 11 is 1.11. The molecule has 2 aromatic heterocycles. The predicted molar refractivity (Wildman–Crippen MR) is 101 cm³/mol. The summed E-state index contributed by atoms with van der Waals surface area (Å²) in [7, 11) is 3.73. The molecule has 1 unspecified atom stereocenters. The van der Waals surface area contributed by atoms with E-state index in [-0.39, 0.29) is 5.56 Å². The number of nitrogens with zero attached hydrogens (tertiary/aromatic N) is 2. The highest BCUT2D eigenvalue weighted by molar-refractivity contribution is 7.20. The van der Waals surface area contributed by atoms with Crippen molar-refractivity contribution in [2.45, 2.75) is 45.7 Å². The second kappa shape index (κ2) is 8.41. The quantitative estimate of drug-likeness (QED) is 0.642. The van der Waals surface area contributed by atoms with E-state index in [0.29, 0.717) is 45.9 Å². The number of carboxylic acids is 1. The Hall–Kier alpha value is -2.26. The first-order chi connectivity index (χ1) is 12.2. The Bertz CT molecular complexity index is 872. The molecule has 142 valence electrons. The Morgan fingerprint density at radius 1 is 1.38 bits per heavy atom. The van der Waals surface area contributed by atoms with Gasteiger partial charge in [0.05, 0.1) is 16.8 Å². The second-order valence-electron chi connectivity index (χ2n) is 6.49. The third kappa shape index (κ3) is 4.47. The molecular weight excluding hydrogens is 356 g/mol. The van der Waals surface area contributed by atoms with E-state index in [9.17, 15) is 19.5 Å². The minimum absolute atomic E-state index is 0.291. The lowest BCUT2D eigenvalue weighted by molar-refractivity contribution is -0.139. The van der Waals surface area contributed by atoms with Crippen LogP contribution < -0.4 is 10.9 Å². The van der Waals surface area contributed by atoms with Crippen molar-refractivity contribution in [3.63, 3.8) is 0 Å². The lowest BCUT2D eigenvalue weighted by atomic mass is 10.1. The minimum atomic E-state index is -1.06. The third-order valence-corrected chi connectivity index (χ3v) is 5.16. The molecule has 0 bridgehead atoms. The van der Waals surface area contributed by atoms with Crippen molar-refractivity contribution in [3.8, 4) is 0 Å². The van der Waals surface area contributed by atoms with Crippen molar-refractivity contribution in [1.29, 1.82) is 0 Å². The van der Waals surface area contributed by atoms with E-state index in [4.69, 9.17) is 0 Å². The monoisotopic (exact) mass is 380 g/mol. The van der Waals surface area contributed by atoms with Gasteiger partial charge < -0.3 is 20.3 Å². The first-order valence-corrected chi connectivity index (χ1v) is 9.26. The maximum absolute atomic E-state index is 12.6. The van der Waals surface area contributed by atoms with E-state index in [1.807, 2.05) is 25.9 Å². The van der Waals surface area contributed by atoms with Gasteiger partial charge in [-0.2, -0.15) is 0 Å². The number of aliphatic carboxylic acids is 1. The van der Waals surface area contributed by atoms with Crippen LogP contribution in [0.15, 0.2) is 4.79 Å². The molecule has 0 saturated heterocycles. The van der Waals surface area contributed by atoms with Crippen LogP contribution in [-0.4, -0.2) is 52.0 Å². The number of aromatic nitrogens is 2. The standard InChI is InChI=1S/C17H24N4O4S/c1-5-6-7-10(17(24)25)18-15(23)13-9(2)12-14(22)19-11(8-21(3)4)20-16(12)26-13/h10H,5-8H2,1-4H3,(H,18,23)(H,24,25)(H,19,20,22). The van der Waals surface area contributed by atoms with Gasteiger partial charge in [-0.25, -0.2) is 9.78 Å². The van der Waals surface area contributed by atoms with Crippen LogP contribution >= 0.6 is 11.3 Å². The molecule has 3 N–H and O–H groups in total. The lowest BCUT2D eigenvalue weighted by Gasteiger charge is -2.13. The summed E-state index contributed by atoms with van der Waals surface area (Å²) in [6, 6.07) is -0.942. The van der Waals surface area contributed by atoms with Crippen LogP contribution in [0.5, 0.6) is 0 Å². The molecule has 0 saturated carbocycles. The molecule has 0 aliphatic rings. The van der Waals surface area contributed by atoms with Gasteiger partial charge in [0, 0.05) is 0 Å². The minimum Gasteiger partial charge on any atom is -0.480 e. The first-order valence-electron chi connectivity index (χ1n) is 8.45. The van der Waals surface area contributed by atoms with E-state index in [0.717, 1.165) is 17.8 Å². The molecule has 8 nitrogen and oxygen atoms in total. The second-order valence-corrected chi connectivity index (χ2v) is 7.49. The lowest BCUT2D eigenvalue weighted by Crippen LogP contribution is -2.40. The molecule has 1 amide bonds. The van der Waals surface area contributed by atoms with Gasteiger partial charge in [-0.3, -0.25) is 9.59 Å². The van der Waals surface area contributed by atoms with Crippen LogP contribution in [0.25, 0.3) is 10.2 Å². The van der Waals surface area contributed by atoms with Gasteiger partial charge >= 0.3 is 5.97 Å². The number of carbonyl (C=O) groups excluding carboxylic acids is 1. The number of hydrogen-bond acceptors (Lipinski definition) is 6. The molecule has 2 rings (SSSR count). The van der Waals surface area contributed by atoms with E-state index in [1.165, 1.54) is 0 Å². The first kappa shape index (κ1) is 20.1. The summed E-state index contributed by atoms with van der Waals surface area (Å²) in [4.78, 5) is 46.1. The van der Waals surface area contributed by atoms with Crippen molar-refractivity contribution in [2.75, 3.05) is 14.1 Å².